The second kappa shape index (κ2) is 8.87. The van der Waals surface area contributed by atoms with Gasteiger partial charge in [-0.15, -0.1) is 11.8 Å². The summed E-state index contributed by atoms with van der Waals surface area (Å²) in [4.78, 5) is 27.6. The summed E-state index contributed by atoms with van der Waals surface area (Å²) in [6.45, 7) is 1.60. The third kappa shape index (κ3) is 4.65. The summed E-state index contributed by atoms with van der Waals surface area (Å²) in [6.07, 6.45) is 2.14. The maximum absolute atomic E-state index is 12.7. The molecule has 0 aliphatic carbocycles. The Kier molecular flexibility index (Phi) is 6.30. The molecule has 0 atom stereocenters. The Morgan fingerprint density at radius 1 is 1.08 bits per heavy atom. The van der Waals surface area contributed by atoms with Crippen LogP contribution in [0.5, 0.6) is 0 Å². The van der Waals surface area contributed by atoms with Crippen molar-refractivity contribution in [1.82, 2.24) is 4.90 Å². The van der Waals surface area contributed by atoms with Crippen LogP contribution in [-0.2, 0) is 11.4 Å². The van der Waals surface area contributed by atoms with Gasteiger partial charge in [-0.05, 0) is 42.7 Å². The molecule has 1 aliphatic rings. The van der Waals surface area contributed by atoms with Gasteiger partial charge < -0.3 is 15.3 Å². The molecule has 0 radical (unpaired) electrons. The maximum Gasteiger partial charge on any atom is 0.256 e. The zero-order valence-corrected chi connectivity index (χ0v) is 15.3. The lowest BCUT2D eigenvalue weighted by Crippen LogP contribution is -2.29. The first-order chi connectivity index (χ1) is 12.7. The molecule has 26 heavy (non-hydrogen) atoms. The van der Waals surface area contributed by atoms with E-state index in [1.807, 2.05) is 23.1 Å². The van der Waals surface area contributed by atoms with E-state index in [0.717, 1.165) is 36.4 Å². The number of carbonyl (C=O) groups excluding carboxylic acids is 2. The van der Waals surface area contributed by atoms with E-state index in [0.29, 0.717) is 17.0 Å². The largest absolute Gasteiger partial charge is 0.392 e. The number of amides is 2. The Morgan fingerprint density at radius 2 is 1.85 bits per heavy atom. The predicted molar refractivity (Wildman–Crippen MR) is 103 cm³/mol. The summed E-state index contributed by atoms with van der Waals surface area (Å²) in [7, 11) is 0. The van der Waals surface area contributed by atoms with Crippen molar-refractivity contribution in [3.8, 4) is 0 Å². The number of hydrogen-bond donors (Lipinski definition) is 2. The molecule has 136 valence electrons. The van der Waals surface area contributed by atoms with E-state index in [9.17, 15) is 14.7 Å². The second-order valence-electron chi connectivity index (χ2n) is 6.19. The number of rotatable bonds is 6. The summed E-state index contributed by atoms with van der Waals surface area (Å²) in [5.74, 6) is 0.236. The van der Waals surface area contributed by atoms with Gasteiger partial charge in [0, 0.05) is 23.7 Å². The van der Waals surface area contributed by atoms with Crippen LogP contribution in [0.15, 0.2) is 53.4 Å². The van der Waals surface area contributed by atoms with Crippen LogP contribution >= 0.6 is 11.8 Å². The van der Waals surface area contributed by atoms with Crippen LogP contribution in [0.3, 0.4) is 0 Å². The van der Waals surface area contributed by atoms with Crippen molar-refractivity contribution in [1.29, 1.82) is 0 Å². The minimum Gasteiger partial charge on any atom is -0.392 e. The molecule has 0 aromatic heterocycles. The smallest absolute Gasteiger partial charge is 0.256 e. The number of aliphatic hydroxyl groups is 1. The Labute approximate surface area is 157 Å². The molecule has 3 rings (SSSR count). The third-order valence-corrected chi connectivity index (χ3v) is 5.37. The third-order valence-electron chi connectivity index (χ3n) is 4.31. The van der Waals surface area contributed by atoms with Gasteiger partial charge in [-0.25, -0.2) is 0 Å². The van der Waals surface area contributed by atoms with Gasteiger partial charge in [0.15, 0.2) is 0 Å². The highest BCUT2D eigenvalue weighted by Gasteiger charge is 2.19. The molecule has 2 N–H and O–H groups in total. The molecule has 1 aliphatic heterocycles. The first kappa shape index (κ1) is 18.5. The number of carbonyl (C=O) groups is 2. The number of anilines is 1. The molecule has 1 fully saturated rings. The quantitative estimate of drug-likeness (QED) is 0.767. The van der Waals surface area contributed by atoms with Crippen molar-refractivity contribution < 1.29 is 14.7 Å². The number of benzene rings is 2. The fourth-order valence-electron chi connectivity index (χ4n) is 2.92. The highest BCUT2D eigenvalue weighted by Crippen LogP contribution is 2.25. The minimum atomic E-state index is -0.225. The summed E-state index contributed by atoms with van der Waals surface area (Å²) >= 11 is 1.40. The van der Waals surface area contributed by atoms with Gasteiger partial charge >= 0.3 is 0 Å². The SMILES string of the molecule is O=C(Nc1cccc(CO)c1)c1ccccc1SCC(=O)N1CCCC1. The Bertz CT molecular complexity index is 788. The van der Waals surface area contributed by atoms with Crippen molar-refractivity contribution in [2.45, 2.75) is 24.3 Å². The molecule has 6 heteroatoms. The Balaban J connectivity index is 1.67. The summed E-state index contributed by atoms with van der Waals surface area (Å²) < 4.78 is 0. The summed E-state index contributed by atoms with van der Waals surface area (Å²) in [6, 6.07) is 14.4. The summed E-state index contributed by atoms with van der Waals surface area (Å²) in [5, 5.41) is 12.1. The van der Waals surface area contributed by atoms with Crippen LogP contribution in [0.25, 0.3) is 0 Å². The average Bonchev–Trinajstić information content (AvgIpc) is 3.21. The average molecular weight is 370 g/mol. The standard InChI is InChI=1S/C20H22N2O3S/c23-13-15-6-5-7-16(12-15)21-20(25)17-8-1-2-9-18(17)26-14-19(24)22-10-3-4-11-22/h1-2,5-9,12,23H,3-4,10-11,13-14H2,(H,21,25). The normalized spacial score (nSPS) is 13.7. The number of nitrogens with one attached hydrogen (secondary N) is 1. The van der Waals surface area contributed by atoms with Crippen LogP contribution in [0.4, 0.5) is 5.69 Å². The fourth-order valence-corrected chi connectivity index (χ4v) is 3.88. The van der Waals surface area contributed by atoms with Crippen LogP contribution in [-0.4, -0.2) is 40.7 Å². The van der Waals surface area contributed by atoms with E-state index in [4.69, 9.17) is 0 Å². The zero-order valence-electron chi connectivity index (χ0n) is 14.5. The van der Waals surface area contributed by atoms with Crippen molar-refractivity contribution in [2.24, 2.45) is 0 Å². The van der Waals surface area contributed by atoms with Gasteiger partial charge in [0.25, 0.3) is 5.91 Å². The van der Waals surface area contributed by atoms with Gasteiger partial charge in [0.2, 0.25) is 5.91 Å². The molecule has 1 heterocycles. The molecule has 0 saturated carbocycles. The molecule has 5 nitrogen and oxygen atoms in total. The van der Waals surface area contributed by atoms with Crippen LogP contribution < -0.4 is 5.32 Å². The lowest BCUT2D eigenvalue weighted by molar-refractivity contribution is -0.127. The highest BCUT2D eigenvalue weighted by atomic mass is 32.2. The number of aliphatic hydroxyl groups excluding tert-OH is 1. The summed E-state index contributed by atoms with van der Waals surface area (Å²) in [5.41, 5.74) is 1.91. The molecule has 0 bridgehead atoms. The molecule has 2 aromatic rings. The molecule has 0 unspecified atom stereocenters. The molecular weight excluding hydrogens is 348 g/mol. The fraction of sp³-hybridized carbons (Fsp3) is 0.300. The van der Waals surface area contributed by atoms with Gasteiger partial charge in [-0.3, -0.25) is 9.59 Å². The molecule has 0 spiro atoms. The van der Waals surface area contributed by atoms with E-state index in [2.05, 4.69) is 5.32 Å². The maximum atomic E-state index is 12.7. The monoisotopic (exact) mass is 370 g/mol. The molecule has 1 saturated heterocycles. The lowest BCUT2D eigenvalue weighted by Gasteiger charge is -2.15. The molecule has 2 aromatic carbocycles. The topological polar surface area (TPSA) is 69.6 Å². The van der Waals surface area contributed by atoms with Crippen molar-refractivity contribution in [3.63, 3.8) is 0 Å². The van der Waals surface area contributed by atoms with Crippen molar-refractivity contribution in [3.05, 3.63) is 59.7 Å². The van der Waals surface area contributed by atoms with Crippen LogP contribution in [0.1, 0.15) is 28.8 Å². The van der Waals surface area contributed by atoms with Crippen LogP contribution in [0.2, 0.25) is 0 Å². The van der Waals surface area contributed by atoms with E-state index in [1.165, 1.54) is 11.8 Å². The first-order valence-corrected chi connectivity index (χ1v) is 9.66. The number of nitrogens with zero attached hydrogens (tertiary/aromatic N) is 1. The second-order valence-corrected chi connectivity index (χ2v) is 7.20. The molecular formula is C20H22N2O3S. The minimum absolute atomic E-state index is 0.0746. The number of hydrogen-bond acceptors (Lipinski definition) is 4. The number of likely N-dealkylation sites (tertiary alicyclic amines) is 1. The lowest BCUT2D eigenvalue weighted by atomic mass is 10.2. The molecule has 2 amide bonds. The van der Waals surface area contributed by atoms with Gasteiger partial charge in [0.05, 0.1) is 17.9 Å². The van der Waals surface area contributed by atoms with Gasteiger partial charge in [-0.1, -0.05) is 24.3 Å². The van der Waals surface area contributed by atoms with Gasteiger partial charge in [-0.2, -0.15) is 0 Å². The van der Waals surface area contributed by atoms with E-state index >= 15 is 0 Å². The van der Waals surface area contributed by atoms with E-state index in [-0.39, 0.29) is 18.4 Å². The Morgan fingerprint density at radius 3 is 2.62 bits per heavy atom. The van der Waals surface area contributed by atoms with E-state index in [1.54, 1.807) is 30.3 Å². The van der Waals surface area contributed by atoms with Crippen molar-refractivity contribution in [2.75, 3.05) is 24.2 Å². The highest BCUT2D eigenvalue weighted by molar-refractivity contribution is 8.00. The number of thioether (sulfide) groups is 1. The predicted octanol–water partition coefficient (Wildman–Crippen LogP) is 3.15. The first-order valence-electron chi connectivity index (χ1n) is 8.68. The van der Waals surface area contributed by atoms with Gasteiger partial charge in [0.1, 0.15) is 0 Å². The Hall–Kier alpha value is -2.31. The zero-order chi connectivity index (χ0) is 18.4. The van der Waals surface area contributed by atoms with Crippen LogP contribution in [0, 0.1) is 0 Å². The van der Waals surface area contributed by atoms with E-state index < -0.39 is 0 Å². The van der Waals surface area contributed by atoms with Crippen molar-refractivity contribution >= 4 is 29.3 Å².